The highest BCUT2D eigenvalue weighted by Gasteiger charge is 2.31. The van der Waals surface area contributed by atoms with Gasteiger partial charge >= 0.3 is 0 Å². The zero-order valence-corrected chi connectivity index (χ0v) is 12.2. The quantitative estimate of drug-likeness (QED) is 0.688. The van der Waals surface area contributed by atoms with Crippen LogP contribution in [-0.4, -0.2) is 25.8 Å². The van der Waals surface area contributed by atoms with Crippen LogP contribution >= 0.6 is 0 Å². The van der Waals surface area contributed by atoms with Gasteiger partial charge in [0.1, 0.15) is 0 Å². The Labute approximate surface area is 108 Å². The zero-order chi connectivity index (χ0) is 12.7. The van der Waals surface area contributed by atoms with E-state index in [1.165, 1.54) is 32.1 Å². The second-order valence-electron chi connectivity index (χ2n) is 6.53. The smallest absolute Gasteiger partial charge is 0.0590 e. The summed E-state index contributed by atoms with van der Waals surface area (Å²) in [7, 11) is 0. The summed E-state index contributed by atoms with van der Waals surface area (Å²) in [5.74, 6) is 0.859. The molecule has 0 spiro atoms. The normalized spacial score (nSPS) is 28.2. The van der Waals surface area contributed by atoms with Crippen LogP contribution in [0.2, 0.25) is 0 Å². The Bertz CT molecular complexity index is 203. The third kappa shape index (κ3) is 6.42. The van der Waals surface area contributed by atoms with E-state index in [2.05, 4.69) is 33.0 Å². The fraction of sp³-hybridized carbons (Fsp3) is 1.00. The summed E-state index contributed by atoms with van der Waals surface area (Å²) < 4.78 is 5.58. The number of hydrogen-bond acceptors (Lipinski definition) is 2. The molecule has 1 aliphatic carbocycles. The van der Waals surface area contributed by atoms with Crippen molar-refractivity contribution in [3.05, 3.63) is 0 Å². The maximum atomic E-state index is 5.58. The van der Waals surface area contributed by atoms with Gasteiger partial charge in [0.15, 0.2) is 0 Å². The lowest BCUT2D eigenvalue weighted by Crippen LogP contribution is -2.41. The molecule has 0 saturated heterocycles. The van der Waals surface area contributed by atoms with E-state index >= 15 is 0 Å². The first-order valence-corrected chi connectivity index (χ1v) is 7.34. The van der Waals surface area contributed by atoms with Crippen LogP contribution in [0, 0.1) is 11.3 Å². The van der Waals surface area contributed by atoms with Crippen LogP contribution in [0.3, 0.4) is 0 Å². The Morgan fingerprint density at radius 2 is 2.00 bits per heavy atom. The Morgan fingerprint density at radius 3 is 2.65 bits per heavy atom. The molecule has 17 heavy (non-hydrogen) atoms. The van der Waals surface area contributed by atoms with Gasteiger partial charge in [-0.1, -0.05) is 34.1 Å². The minimum Gasteiger partial charge on any atom is -0.380 e. The summed E-state index contributed by atoms with van der Waals surface area (Å²) >= 11 is 0. The molecule has 2 atom stereocenters. The van der Waals surface area contributed by atoms with Crippen LogP contribution in [0.5, 0.6) is 0 Å². The molecule has 0 aliphatic heterocycles. The van der Waals surface area contributed by atoms with Crippen molar-refractivity contribution in [3.63, 3.8) is 0 Å². The van der Waals surface area contributed by atoms with Gasteiger partial charge in [-0.25, -0.2) is 0 Å². The molecule has 2 unspecified atom stereocenters. The zero-order valence-electron chi connectivity index (χ0n) is 12.2. The maximum Gasteiger partial charge on any atom is 0.0590 e. The predicted molar refractivity (Wildman–Crippen MR) is 74.3 cm³/mol. The molecule has 1 N–H and O–H groups in total. The van der Waals surface area contributed by atoms with Crippen molar-refractivity contribution in [1.29, 1.82) is 0 Å². The second-order valence-corrected chi connectivity index (χ2v) is 6.53. The highest BCUT2D eigenvalue weighted by Crippen LogP contribution is 2.38. The minimum absolute atomic E-state index is 0.512. The molecule has 1 rings (SSSR count). The summed E-state index contributed by atoms with van der Waals surface area (Å²) in [5.41, 5.74) is 0.512. The molecule has 2 nitrogen and oxygen atoms in total. The third-order valence-electron chi connectivity index (χ3n) is 3.71. The molecular weight excluding hydrogens is 210 g/mol. The van der Waals surface area contributed by atoms with Crippen molar-refractivity contribution >= 4 is 0 Å². The van der Waals surface area contributed by atoms with Gasteiger partial charge in [-0.05, 0) is 37.0 Å². The minimum atomic E-state index is 0.512. The lowest BCUT2D eigenvalue weighted by Gasteiger charge is -2.39. The SMILES string of the molecule is CCCCOCCNC1CC(C)CC(C)(C)C1. The summed E-state index contributed by atoms with van der Waals surface area (Å²) in [5, 5.41) is 3.66. The van der Waals surface area contributed by atoms with Crippen LogP contribution in [-0.2, 0) is 4.74 Å². The molecule has 1 aliphatic rings. The lowest BCUT2D eigenvalue weighted by atomic mass is 9.70. The lowest BCUT2D eigenvalue weighted by molar-refractivity contribution is 0.115. The summed E-state index contributed by atoms with van der Waals surface area (Å²) in [6, 6.07) is 0.698. The average Bonchev–Trinajstić information content (AvgIpc) is 2.20. The van der Waals surface area contributed by atoms with Crippen molar-refractivity contribution < 1.29 is 4.74 Å². The van der Waals surface area contributed by atoms with Crippen molar-refractivity contribution in [2.45, 2.75) is 65.8 Å². The Balaban J connectivity index is 2.10. The molecule has 0 amide bonds. The number of rotatable bonds is 7. The highest BCUT2D eigenvalue weighted by molar-refractivity contribution is 4.86. The van der Waals surface area contributed by atoms with Gasteiger partial charge in [0.2, 0.25) is 0 Å². The largest absolute Gasteiger partial charge is 0.380 e. The van der Waals surface area contributed by atoms with Crippen LogP contribution in [0.1, 0.15) is 59.8 Å². The number of ether oxygens (including phenoxy) is 1. The molecule has 0 aromatic rings. The highest BCUT2D eigenvalue weighted by atomic mass is 16.5. The van der Waals surface area contributed by atoms with Crippen LogP contribution in [0.4, 0.5) is 0 Å². The average molecular weight is 241 g/mol. The topological polar surface area (TPSA) is 21.3 Å². The molecule has 0 heterocycles. The van der Waals surface area contributed by atoms with Gasteiger partial charge in [-0.2, -0.15) is 0 Å². The second kappa shape index (κ2) is 7.38. The Kier molecular flexibility index (Phi) is 6.50. The Morgan fingerprint density at radius 1 is 1.24 bits per heavy atom. The van der Waals surface area contributed by atoms with E-state index in [1.54, 1.807) is 0 Å². The van der Waals surface area contributed by atoms with Gasteiger partial charge in [0, 0.05) is 19.2 Å². The first-order valence-electron chi connectivity index (χ1n) is 7.34. The monoisotopic (exact) mass is 241 g/mol. The Hall–Kier alpha value is -0.0800. The van der Waals surface area contributed by atoms with Gasteiger partial charge in [0.05, 0.1) is 6.61 Å². The number of hydrogen-bond donors (Lipinski definition) is 1. The van der Waals surface area contributed by atoms with E-state index in [0.717, 1.165) is 25.7 Å². The first kappa shape index (κ1) is 15.0. The maximum absolute atomic E-state index is 5.58. The summed E-state index contributed by atoms with van der Waals surface area (Å²) in [6.45, 7) is 12.2. The molecule has 2 heteroatoms. The van der Waals surface area contributed by atoms with Crippen molar-refractivity contribution in [2.75, 3.05) is 19.8 Å². The molecule has 102 valence electrons. The van der Waals surface area contributed by atoms with Crippen LogP contribution in [0.25, 0.3) is 0 Å². The van der Waals surface area contributed by atoms with E-state index in [4.69, 9.17) is 4.74 Å². The van der Waals surface area contributed by atoms with E-state index < -0.39 is 0 Å². The van der Waals surface area contributed by atoms with Crippen LogP contribution in [0.15, 0.2) is 0 Å². The summed E-state index contributed by atoms with van der Waals surface area (Å²) in [6.07, 6.45) is 6.43. The third-order valence-corrected chi connectivity index (χ3v) is 3.71. The van der Waals surface area contributed by atoms with Crippen LogP contribution < -0.4 is 5.32 Å². The van der Waals surface area contributed by atoms with Crippen molar-refractivity contribution in [2.24, 2.45) is 11.3 Å². The fourth-order valence-electron chi connectivity index (χ4n) is 3.19. The molecular formula is C15H31NO. The molecule has 0 aromatic heterocycles. The van der Waals surface area contributed by atoms with Crippen molar-refractivity contribution in [1.82, 2.24) is 5.32 Å². The molecule has 0 radical (unpaired) electrons. The molecule has 1 saturated carbocycles. The summed E-state index contributed by atoms with van der Waals surface area (Å²) in [4.78, 5) is 0. The van der Waals surface area contributed by atoms with E-state index in [1.807, 2.05) is 0 Å². The van der Waals surface area contributed by atoms with E-state index in [9.17, 15) is 0 Å². The standard InChI is InChI=1S/C15H31NO/c1-5-6-8-17-9-7-16-14-10-13(2)11-15(3,4)12-14/h13-14,16H,5-12H2,1-4H3. The first-order chi connectivity index (χ1) is 8.03. The molecule has 0 aromatic carbocycles. The number of nitrogens with one attached hydrogen (secondary N) is 1. The number of unbranched alkanes of at least 4 members (excludes halogenated alkanes) is 1. The predicted octanol–water partition coefficient (Wildman–Crippen LogP) is 3.61. The van der Waals surface area contributed by atoms with Gasteiger partial charge in [-0.3, -0.25) is 0 Å². The molecule has 0 bridgehead atoms. The fourth-order valence-corrected chi connectivity index (χ4v) is 3.19. The molecule has 1 fully saturated rings. The van der Waals surface area contributed by atoms with Gasteiger partial charge < -0.3 is 10.1 Å². The van der Waals surface area contributed by atoms with Gasteiger partial charge in [0.25, 0.3) is 0 Å². The van der Waals surface area contributed by atoms with E-state index in [-0.39, 0.29) is 0 Å². The van der Waals surface area contributed by atoms with Crippen molar-refractivity contribution in [3.8, 4) is 0 Å². The van der Waals surface area contributed by atoms with Gasteiger partial charge in [-0.15, -0.1) is 0 Å². The van der Waals surface area contributed by atoms with E-state index in [0.29, 0.717) is 11.5 Å².